The molecule has 7 nitrogen and oxygen atoms in total. The zero-order valence-electron chi connectivity index (χ0n) is 17.0. The number of carbonyl (C=O) groups is 1. The predicted octanol–water partition coefficient (Wildman–Crippen LogP) is 2.76. The first kappa shape index (κ1) is 19.3. The summed E-state index contributed by atoms with van der Waals surface area (Å²) in [6.07, 6.45) is 2.04. The van der Waals surface area contributed by atoms with Crippen molar-refractivity contribution in [3.05, 3.63) is 34.9 Å². The lowest BCUT2D eigenvalue weighted by Gasteiger charge is -2.32. The first-order valence-corrected chi connectivity index (χ1v) is 9.63. The lowest BCUT2D eigenvalue weighted by atomic mass is 9.92. The van der Waals surface area contributed by atoms with Gasteiger partial charge in [0.15, 0.2) is 0 Å². The number of hydrogen-bond donors (Lipinski definition) is 2. The first-order chi connectivity index (χ1) is 12.7. The van der Waals surface area contributed by atoms with Crippen molar-refractivity contribution in [3.8, 4) is 0 Å². The standard InChI is InChI=1S/C20H30N6O/c1-13-10-14(2)23-19(22-13)26-8-6-15(7-9-26)12-21-18(27)16-11-17(25-24-16)20(3,4)5/h10-11,15H,6-9,12H2,1-5H3,(H,21,27)(H,24,25). The number of nitrogens with zero attached hydrogens (tertiary/aromatic N) is 4. The Morgan fingerprint density at radius 1 is 1.19 bits per heavy atom. The summed E-state index contributed by atoms with van der Waals surface area (Å²) < 4.78 is 0. The minimum absolute atomic E-state index is 0.0470. The first-order valence-electron chi connectivity index (χ1n) is 9.63. The van der Waals surface area contributed by atoms with Crippen LogP contribution in [0.25, 0.3) is 0 Å². The molecule has 0 aliphatic carbocycles. The minimum atomic E-state index is -0.109. The van der Waals surface area contributed by atoms with E-state index in [1.165, 1.54) is 0 Å². The van der Waals surface area contributed by atoms with Crippen molar-refractivity contribution >= 4 is 11.9 Å². The van der Waals surface area contributed by atoms with Gasteiger partial charge in [0, 0.05) is 42.1 Å². The van der Waals surface area contributed by atoms with Crippen molar-refractivity contribution in [2.45, 2.75) is 52.9 Å². The highest BCUT2D eigenvalue weighted by molar-refractivity contribution is 5.92. The highest BCUT2D eigenvalue weighted by Crippen LogP contribution is 2.22. The molecule has 27 heavy (non-hydrogen) atoms. The normalized spacial score (nSPS) is 15.8. The second-order valence-corrected chi connectivity index (χ2v) is 8.51. The number of anilines is 1. The van der Waals surface area contributed by atoms with Crippen LogP contribution in [-0.4, -0.2) is 45.7 Å². The van der Waals surface area contributed by atoms with Crippen LogP contribution in [-0.2, 0) is 5.41 Å². The molecule has 0 saturated carbocycles. The topological polar surface area (TPSA) is 86.8 Å². The molecule has 2 N–H and O–H groups in total. The Hall–Kier alpha value is -2.44. The fraction of sp³-hybridized carbons (Fsp3) is 0.600. The largest absolute Gasteiger partial charge is 0.350 e. The maximum Gasteiger partial charge on any atom is 0.271 e. The number of hydrogen-bond acceptors (Lipinski definition) is 5. The molecule has 3 rings (SSSR count). The van der Waals surface area contributed by atoms with Gasteiger partial charge < -0.3 is 10.2 Å². The van der Waals surface area contributed by atoms with Gasteiger partial charge in [0.1, 0.15) is 5.69 Å². The van der Waals surface area contributed by atoms with E-state index in [1.807, 2.05) is 26.0 Å². The average molecular weight is 371 g/mol. The van der Waals surface area contributed by atoms with Gasteiger partial charge >= 0.3 is 0 Å². The van der Waals surface area contributed by atoms with Gasteiger partial charge in [-0.3, -0.25) is 9.89 Å². The SMILES string of the molecule is Cc1cc(C)nc(N2CCC(CNC(=O)c3cc(C(C)(C)C)[nH]n3)CC2)n1. The quantitative estimate of drug-likeness (QED) is 0.864. The van der Waals surface area contributed by atoms with Gasteiger partial charge in [-0.25, -0.2) is 9.97 Å². The summed E-state index contributed by atoms with van der Waals surface area (Å²) in [5.41, 5.74) is 3.38. The second-order valence-electron chi connectivity index (χ2n) is 8.51. The van der Waals surface area contributed by atoms with Crippen LogP contribution in [0.2, 0.25) is 0 Å². The Morgan fingerprint density at radius 2 is 1.81 bits per heavy atom. The summed E-state index contributed by atoms with van der Waals surface area (Å²) in [5.74, 6) is 1.18. The van der Waals surface area contributed by atoms with Crippen molar-refractivity contribution < 1.29 is 4.79 Å². The number of aromatic amines is 1. The van der Waals surface area contributed by atoms with Crippen LogP contribution < -0.4 is 10.2 Å². The zero-order valence-corrected chi connectivity index (χ0v) is 17.0. The Morgan fingerprint density at radius 3 is 2.37 bits per heavy atom. The van der Waals surface area contributed by atoms with Crippen LogP contribution in [0.15, 0.2) is 12.1 Å². The summed E-state index contributed by atoms with van der Waals surface area (Å²) in [5, 5.41) is 10.2. The van der Waals surface area contributed by atoms with E-state index in [0.717, 1.165) is 49.0 Å². The van der Waals surface area contributed by atoms with Crippen LogP contribution in [0.4, 0.5) is 5.95 Å². The average Bonchev–Trinajstić information content (AvgIpc) is 3.10. The van der Waals surface area contributed by atoms with Crippen LogP contribution in [0.5, 0.6) is 0 Å². The molecule has 3 heterocycles. The summed E-state index contributed by atoms with van der Waals surface area (Å²) in [7, 11) is 0. The monoisotopic (exact) mass is 370 g/mol. The number of aromatic nitrogens is 4. The van der Waals surface area contributed by atoms with Crippen LogP contribution in [0.1, 0.15) is 61.2 Å². The van der Waals surface area contributed by atoms with Gasteiger partial charge in [-0.2, -0.15) is 5.10 Å². The molecule has 7 heteroatoms. The molecule has 0 atom stereocenters. The van der Waals surface area contributed by atoms with E-state index in [2.05, 4.69) is 51.2 Å². The van der Waals surface area contributed by atoms with Gasteiger partial charge in [0.05, 0.1) is 0 Å². The molecule has 0 radical (unpaired) electrons. The van der Waals surface area contributed by atoms with E-state index in [4.69, 9.17) is 0 Å². The number of piperidine rings is 1. The third kappa shape index (κ3) is 4.84. The molecular weight excluding hydrogens is 340 g/mol. The smallest absolute Gasteiger partial charge is 0.271 e. The third-order valence-corrected chi connectivity index (χ3v) is 5.04. The maximum absolute atomic E-state index is 12.4. The fourth-order valence-corrected chi connectivity index (χ4v) is 3.34. The van der Waals surface area contributed by atoms with E-state index >= 15 is 0 Å². The molecule has 0 unspecified atom stereocenters. The number of carbonyl (C=O) groups excluding carboxylic acids is 1. The van der Waals surface area contributed by atoms with Gasteiger partial charge in [-0.05, 0) is 44.7 Å². The van der Waals surface area contributed by atoms with Crippen molar-refractivity contribution in [1.82, 2.24) is 25.5 Å². The Balaban J connectivity index is 1.49. The lowest BCUT2D eigenvalue weighted by Crippen LogP contribution is -2.39. The Kier molecular flexibility index (Phi) is 5.48. The lowest BCUT2D eigenvalue weighted by molar-refractivity contribution is 0.0940. The summed E-state index contributed by atoms with van der Waals surface area (Å²) in [6.45, 7) is 12.8. The molecule has 1 saturated heterocycles. The molecular formula is C20H30N6O. The van der Waals surface area contributed by atoms with Crippen molar-refractivity contribution in [3.63, 3.8) is 0 Å². The number of amides is 1. The van der Waals surface area contributed by atoms with Crippen LogP contribution >= 0.6 is 0 Å². The minimum Gasteiger partial charge on any atom is -0.350 e. The number of aryl methyl sites for hydroxylation is 2. The molecule has 0 aromatic carbocycles. The van der Waals surface area contributed by atoms with Gasteiger partial charge in [0.2, 0.25) is 5.95 Å². The maximum atomic E-state index is 12.4. The molecule has 1 amide bonds. The summed E-state index contributed by atoms with van der Waals surface area (Å²) >= 11 is 0. The number of H-pyrrole nitrogens is 1. The molecule has 1 aliphatic heterocycles. The van der Waals surface area contributed by atoms with E-state index < -0.39 is 0 Å². The second kappa shape index (κ2) is 7.66. The number of nitrogens with one attached hydrogen (secondary N) is 2. The molecule has 146 valence electrons. The Bertz CT molecular complexity index is 779. The zero-order chi connectivity index (χ0) is 19.6. The van der Waals surface area contributed by atoms with Crippen molar-refractivity contribution in [1.29, 1.82) is 0 Å². The van der Waals surface area contributed by atoms with E-state index in [1.54, 1.807) is 0 Å². The summed E-state index contributed by atoms with van der Waals surface area (Å²) in [4.78, 5) is 23.7. The molecule has 0 spiro atoms. The van der Waals surface area contributed by atoms with E-state index in [0.29, 0.717) is 18.2 Å². The van der Waals surface area contributed by atoms with Gasteiger partial charge in [-0.1, -0.05) is 20.8 Å². The molecule has 2 aromatic rings. The molecule has 1 fully saturated rings. The van der Waals surface area contributed by atoms with Gasteiger partial charge in [0.25, 0.3) is 5.91 Å². The molecule has 2 aromatic heterocycles. The predicted molar refractivity (Wildman–Crippen MR) is 106 cm³/mol. The number of rotatable bonds is 4. The van der Waals surface area contributed by atoms with Crippen LogP contribution in [0, 0.1) is 19.8 Å². The molecule has 1 aliphatic rings. The van der Waals surface area contributed by atoms with Crippen molar-refractivity contribution in [2.75, 3.05) is 24.5 Å². The molecule has 0 bridgehead atoms. The van der Waals surface area contributed by atoms with Crippen LogP contribution in [0.3, 0.4) is 0 Å². The van der Waals surface area contributed by atoms with Crippen molar-refractivity contribution in [2.24, 2.45) is 5.92 Å². The van der Waals surface area contributed by atoms with Gasteiger partial charge in [-0.15, -0.1) is 0 Å². The van der Waals surface area contributed by atoms with E-state index in [9.17, 15) is 4.79 Å². The third-order valence-electron chi connectivity index (χ3n) is 5.04. The highest BCUT2D eigenvalue weighted by Gasteiger charge is 2.23. The Labute approximate surface area is 161 Å². The van der Waals surface area contributed by atoms with E-state index in [-0.39, 0.29) is 11.3 Å². The highest BCUT2D eigenvalue weighted by atomic mass is 16.1. The fourth-order valence-electron chi connectivity index (χ4n) is 3.34. The summed E-state index contributed by atoms with van der Waals surface area (Å²) in [6, 6.07) is 3.83.